The Morgan fingerprint density at radius 2 is 1.04 bits per heavy atom. The number of alkyl halides is 2. The standard InChI is InChI=1S/2C7H16FN2O2.2BrH/c2*1-10(2,6-8)3-4-12-7(11)5-9;;/h2*3-6,9H2,1-2H3;2*1H/q2*+1;;/p-2. The number of carbonyl (C=O) groups excluding carboxylic acids is 2. The fourth-order valence-electron chi connectivity index (χ4n) is 1.05. The summed E-state index contributed by atoms with van der Waals surface area (Å²) in [6, 6.07) is 0. The first-order valence-electron chi connectivity index (χ1n) is 7.51. The number of halogens is 4. The van der Waals surface area contributed by atoms with Crippen molar-refractivity contribution in [2.24, 2.45) is 11.5 Å². The molecule has 0 saturated heterocycles. The Kier molecular flexibility index (Phi) is 23.0. The number of rotatable bonds is 10. The molecule has 0 bridgehead atoms. The van der Waals surface area contributed by atoms with Gasteiger partial charge in [-0.05, 0) is 0 Å². The van der Waals surface area contributed by atoms with E-state index in [0.29, 0.717) is 13.1 Å². The van der Waals surface area contributed by atoms with Crippen LogP contribution in [0.25, 0.3) is 0 Å². The molecule has 0 rings (SSSR count). The van der Waals surface area contributed by atoms with Gasteiger partial charge in [-0.15, -0.1) is 0 Å². The van der Waals surface area contributed by atoms with E-state index in [1.54, 1.807) is 28.2 Å². The van der Waals surface area contributed by atoms with Crippen molar-refractivity contribution in [2.45, 2.75) is 0 Å². The van der Waals surface area contributed by atoms with Crippen molar-refractivity contribution in [3.8, 4) is 0 Å². The zero-order valence-corrected chi connectivity index (χ0v) is 19.0. The van der Waals surface area contributed by atoms with Gasteiger partial charge in [-0.1, -0.05) is 0 Å². The molecule has 160 valence electrons. The molecule has 12 heteroatoms. The number of quaternary nitrogens is 2. The van der Waals surface area contributed by atoms with Gasteiger partial charge in [0.05, 0.1) is 41.3 Å². The summed E-state index contributed by atoms with van der Waals surface area (Å²) in [6.07, 6.45) is 0. The summed E-state index contributed by atoms with van der Waals surface area (Å²) < 4.78 is 34.1. The first-order chi connectivity index (χ1) is 11.0. The Balaban J connectivity index is -0.000000173. The molecule has 0 aliphatic carbocycles. The van der Waals surface area contributed by atoms with Crippen molar-refractivity contribution in [1.82, 2.24) is 0 Å². The minimum absolute atomic E-state index is 0. The molecule has 0 aromatic rings. The van der Waals surface area contributed by atoms with Crippen molar-refractivity contribution < 1.29 is 70.8 Å². The molecule has 4 N–H and O–H groups in total. The number of ether oxygens (including phenoxy) is 2. The molecule has 8 nitrogen and oxygen atoms in total. The minimum Gasteiger partial charge on any atom is -1.00 e. The van der Waals surface area contributed by atoms with E-state index >= 15 is 0 Å². The number of likely N-dealkylation sites (N-methyl/N-ethyl adjacent to an activating group) is 2. The Morgan fingerprint density at radius 1 is 0.769 bits per heavy atom. The lowest BCUT2D eigenvalue weighted by atomic mass is 10.5. The highest BCUT2D eigenvalue weighted by Gasteiger charge is 2.15. The zero-order valence-electron chi connectivity index (χ0n) is 15.9. The van der Waals surface area contributed by atoms with Gasteiger partial charge in [0.15, 0.2) is 0 Å². The van der Waals surface area contributed by atoms with E-state index in [9.17, 15) is 18.4 Å². The van der Waals surface area contributed by atoms with Crippen molar-refractivity contribution >= 4 is 11.9 Å². The fraction of sp³-hybridized carbons (Fsp3) is 0.857. The normalized spacial score (nSPS) is 10.5. The van der Waals surface area contributed by atoms with Crippen LogP contribution in [0.4, 0.5) is 8.78 Å². The topological polar surface area (TPSA) is 105 Å². The molecule has 0 aliphatic rings. The smallest absolute Gasteiger partial charge is 0.319 e. The number of hydrogen-bond donors (Lipinski definition) is 2. The molecule has 0 heterocycles. The molecule has 0 atom stereocenters. The molecule has 26 heavy (non-hydrogen) atoms. The van der Waals surface area contributed by atoms with Gasteiger partial charge < -0.3 is 54.9 Å². The third-order valence-electron chi connectivity index (χ3n) is 2.90. The van der Waals surface area contributed by atoms with E-state index in [-0.39, 0.29) is 69.2 Å². The van der Waals surface area contributed by atoms with Crippen LogP contribution in [0.3, 0.4) is 0 Å². The van der Waals surface area contributed by atoms with E-state index in [1.807, 2.05) is 0 Å². The first kappa shape index (κ1) is 33.2. The lowest BCUT2D eigenvalue weighted by molar-refractivity contribution is -0.902. The van der Waals surface area contributed by atoms with Gasteiger partial charge in [-0.2, -0.15) is 8.78 Å². The van der Waals surface area contributed by atoms with Crippen LogP contribution in [0.1, 0.15) is 0 Å². The second-order valence-electron chi connectivity index (χ2n) is 6.41. The second kappa shape index (κ2) is 18.0. The Labute approximate surface area is 175 Å². The number of nitrogens with zero attached hydrogens (tertiary/aromatic N) is 2. The Morgan fingerprint density at radius 3 is 1.23 bits per heavy atom. The van der Waals surface area contributed by atoms with Gasteiger partial charge in [0.2, 0.25) is 13.6 Å². The van der Waals surface area contributed by atoms with Gasteiger partial charge in [-0.3, -0.25) is 18.6 Å². The Hall–Kier alpha value is -0.400. The summed E-state index contributed by atoms with van der Waals surface area (Å²) in [5, 5.41) is 0. The quantitative estimate of drug-likeness (QED) is 0.169. The van der Waals surface area contributed by atoms with Crippen LogP contribution >= 0.6 is 0 Å². The zero-order chi connectivity index (χ0) is 19.2. The molecule has 0 fully saturated rings. The van der Waals surface area contributed by atoms with Crippen LogP contribution in [0.15, 0.2) is 0 Å². The van der Waals surface area contributed by atoms with Gasteiger partial charge in [0.25, 0.3) is 0 Å². The molecular weight excluding hydrogens is 486 g/mol. The van der Waals surface area contributed by atoms with E-state index in [0.717, 1.165) is 0 Å². The maximum atomic E-state index is 12.2. The number of nitrogens with two attached hydrogens (primary N) is 2. The van der Waals surface area contributed by atoms with Crippen molar-refractivity contribution in [2.75, 3.05) is 81.2 Å². The van der Waals surface area contributed by atoms with Crippen molar-refractivity contribution in [3.05, 3.63) is 0 Å². The van der Waals surface area contributed by atoms with E-state index in [1.165, 1.54) is 0 Å². The van der Waals surface area contributed by atoms with E-state index < -0.39 is 25.5 Å². The largest absolute Gasteiger partial charge is 1.00 e. The van der Waals surface area contributed by atoms with Crippen LogP contribution in [-0.2, 0) is 19.1 Å². The van der Waals surface area contributed by atoms with Crippen LogP contribution in [0, 0.1) is 0 Å². The molecular formula is C14H32Br2F2N4O4. The van der Waals surface area contributed by atoms with Crippen LogP contribution in [-0.4, -0.2) is 102 Å². The molecule has 0 aromatic heterocycles. The lowest BCUT2D eigenvalue weighted by Crippen LogP contribution is -3.00. The predicted octanol–water partition coefficient (Wildman–Crippen LogP) is -7.01. The summed E-state index contributed by atoms with van der Waals surface area (Å²) in [4.78, 5) is 21.1. The predicted molar refractivity (Wildman–Crippen MR) is 85.9 cm³/mol. The fourth-order valence-corrected chi connectivity index (χ4v) is 1.05. The molecule has 0 aromatic carbocycles. The summed E-state index contributed by atoms with van der Waals surface area (Å²) in [6.45, 7) is 0.164. The first-order valence-corrected chi connectivity index (χ1v) is 7.51. The maximum Gasteiger partial charge on any atom is 0.319 e. The number of carbonyl (C=O) groups is 2. The molecule has 0 radical (unpaired) electrons. The summed E-state index contributed by atoms with van der Waals surface area (Å²) in [7, 11) is 6.87. The van der Waals surface area contributed by atoms with E-state index in [2.05, 4.69) is 9.47 Å². The van der Waals surface area contributed by atoms with E-state index in [4.69, 9.17) is 11.5 Å². The minimum atomic E-state index is -0.472. The average molecular weight is 518 g/mol. The maximum absolute atomic E-state index is 12.2. The second-order valence-corrected chi connectivity index (χ2v) is 6.41. The molecule has 0 saturated carbocycles. The van der Waals surface area contributed by atoms with Crippen molar-refractivity contribution in [1.29, 1.82) is 0 Å². The Bertz CT molecular complexity index is 345. The van der Waals surface area contributed by atoms with Crippen LogP contribution in [0.5, 0.6) is 0 Å². The summed E-state index contributed by atoms with van der Waals surface area (Å²) in [5.41, 5.74) is 10.0. The number of esters is 2. The van der Waals surface area contributed by atoms with Crippen molar-refractivity contribution in [3.63, 3.8) is 0 Å². The molecule has 0 aliphatic heterocycles. The third-order valence-corrected chi connectivity index (χ3v) is 2.90. The highest BCUT2D eigenvalue weighted by Crippen LogP contribution is 1.96. The van der Waals surface area contributed by atoms with Crippen LogP contribution in [0.2, 0.25) is 0 Å². The summed E-state index contributed by atoms with van der Waals surface area (Å²) >= 11 is 0. The van der Waals surface area contributed by atoms with Gasteiger partial charge >= 0.3 is 11.9 Å². The van der Waals surface area contributed by atoms with Crippen LogP contribution < -0.4 is 45.4 Å². The molecule has 0 amide bonds. The lowest BCUT2D eigenvalue weighted by Gasteiger charge is -2.25. The number of hydrogen-bond acceptors (Lipinski definition) is 6. The van der Waals surface area contributed by atoms with Gasteiger partial charge in [0.1, 0.15) is 26.3 Å². The summed E-state index contributed by atoms with van der Waals surface area (Å²) in [5.74, 6) is -0.900. The SMILES string of the molecule is C[N+](C)(CF)CCOC(=O)CN.C[N+](C)(CF)CCOC(=O)CN.[Br-].[Br-]. The third kappa shape index (κ3) is 21.6. The van der Waals surface area contributed by atoms with Gasteiger partial charge in [-0.25, -0.2) is 0 Å². The van der Waals surface area contributed by atoms with Gasteiger partial charge in [0, 0.05) is 0 Å². The molecule has 0 unspecified atom stereocenters. The average Bonchev–Trinajstić information content (AvgIpc) is 2.54. The highest BCUT2D eigenvalue weighted by atomic mass is 79.9. The monoisotopic (exact) mass is 516 g/mol. The molecule has 0 spiro atoms. The highest BCUT2D eigenvalue weighted by molar-refractivity contribution is 5.71.